The van der Waals surface area contributed by atoms with Gasteiger partial charge in [0.05, 0.1) is 13.2 Å². The number of rotatable bonds is 4. The van der Waals surface area contributed by atoms with E-state index in [0.717, 1.165) is 12.3 Å². The lowest BCUT2D eigenvalue weighted by Crippen LogP contribution is -2.27. The minimum absolute atomic E-state index is 0.104. The first kappa shape index (κ1) is 15.6. The first-order valence-corrected chi connectivity index (χ1v) is 6.38. The van der Waals surface area contributed by atoms with Crippen LogP contribution in [0, 0.1) is 5.82 Å². The smallest absolute Gasteiger partial charge is 0.287 e. The number of amides is 1. The molecular formula is C15H14FNO5. The number of carbonyl (C=O) groups excluding carboxylic acids is 1. The maximum atomic E-state index is 13.6. The molecule has 0 aliphatic heterocycles. The Morgan fingerprint density at radius 3 is 2.73 bits per heavy atom. The Morgan fingerprint density at radius 2 is 2.14 bits per heavy atom. The topological polar surface area (TPSA) is 88.8 Å². The summed E-state index contributed by atoms with van der Waals surface area (Å²) in [5.41, 5.74) is -0.202. The van der Waals surface area contributed by atoms with Crippen molar-refractivity contribution in [3.05, 3.63) is 57.9 Å². The molecule has 0 spiro atoms. The van der Waals surface area contributed by atoms with Crippen molar-refractivity contribution in [3.63, 3.8) is 0 Å². The van der Waals surface area contributed by atoms with Gasteiger partial charge >= 0.3 is 0 Å². The molecule has 0 aliphatic carbocycles. The third kappa shape index (κ3) is 3.25. The third-order valence-corrected chi connectivity index (χ3v) is 3.06. The molecule has 0 aliphatic rings. The zero-order valence-electron chi connectivity index (χ0n) is 11.9. The molecule has 0 radical (unpaired) electrons. The van der Waals surface area contributed by atoms with Crippen LogP contribution in [0.3, 0.4) is 0 Å². The summed E-state index contributed by atoms with van der Waals surface area (Å²) in [6.45, 7) is 1.65. The number of ether oxygens (including phenoxy) is 1. The van der Waals surface area contributed by atoms with Gasteiger partial charge in [-0.05, 0) is 24.6 Å². The number of hydrogen-bond donors (Lipinski definition) is 2. The number of methoxy groups -OCH3 is 1. The standard InChI is InChI=1S/C15H14FNO5/c1-8(9-3-4-13(21-2)10(16)5-9)17-15(20)14-6-11(18)12(19)7-22-14/h3-8,19H,1-2H3,(H,17,20)/t8-/m0/s1. The number of benzene rings is 1. The molecule has 6 nitrogen and oxygen atoms in total. The summed E-state index contributed by atoms with van der Waals surface area (Å²) in [5, 5.41) is 11.6. The highest BCUT2D eigenvalue weighted by molar-refractivity contribution is 5.91. The molecule has 0 fully saturated rings. The summed E-state index contributed by atoms with van der Waals surface area (Å²) in [6.07, 6.45) is 0.787. The molecule has 116 valence electrons. The van der Waals surface area contributed by atoms with E-state index in [-0.39, 0.29) is 11.5 Å². The average Bonchev–Trinajstić information content (AvgIpc) is 2.49. The van der Waals surface area contributed by atoms with E-state index in [9.17, 15) is 14.0 Å². The molecule has 1 atom stereocenters. The Balaban J connectivity index is 2.15. The minimum atomic E-state index is -0.723. The molecule has 0 unspecified atom stereocenters. The van der Waals surface area contributed by atoms with E-state index in [1.807, 2.05) is 0 Å². The molecular weight excluding hydrogens is 293 g/mol. The van der Waals surface area contributed by atoms with Crippen molar-refractivity contribution < 1.29 is 23.4 Å². The summed E-state index contributed by atoms with van der Waals surface area (Å²) in [4.78, 5) is 23.2. The largest absolute Gasteiger partial charge is 0.502 e. The fraction of sp³-hybridized carbons (Fsp3) is 0.200. The van der Waals surface area contributed by atoms with Crippen LogP contribution >= 0.6 is 0 Å². The molecule has 1 aromatic carbocycles. The van der Waals surface area contributed by atoms with Gasteiger partial charge in [-0.2, -0.15) is 0 Å². The van der Waals surface area contributed by atoms with E-state index >= 15 is 0 Å². The van der Waals surface area contributed by atoms with Gasteiger partial charge in [0.25, 0.3) is 5.91 Å². The van der Waals surface area contributed by atoms with Crippen LogP contribution in [0.25, 0.3) is 0 Å². The second-order valence-corrected chi connectivity index (χ2v) is 4.58. The number of carbonyl (C=O) groups is 1. The highest BCUT2D eigenvalue weighted by Gasteiger charge is 2.16. The number of nitrogens with one attached hydrogen (secondary N) is 1. The van der Waals surface area contributed by atoms with Gasteiger partial charge in [-0.1, -0.05) is 6.07 Å². The zero-order valence-corrected chi connectivity index (χ0v) is 11.9. The van der Waals surface area contributed by atoms with Crippen molar-refractivity contribution >= 4 is 5.91 Å². The molecule has 0 saturated heterocycles. The van der Waals surface area contributed by atoms with Gasteiger partial charge in [0.1, 0.15) is 6.26 Å². The Bertz CT molecular complexity index is 756. The molecule has 22 heavy (non-hydrogen) atoms. The van der Waals surface area contributed by atoms with Gasteiger partial charge in [-0.25, -0.2) is 4.39 Å². The van der Waals surface area contributed by atoms with E-state index in [0.29, 0.717) is 5.56 Å². The summed E-state index contributed by atoms with van der Waals surface area (Å²) >= 11 is 0. The molecule has 7 heteroatoms. The number of aromatic hydroxyl groups is 1. The highest BCUT2D eigenvalue weighted by atomic mass is 19.1. The van der Waals surface area contributed by atoms with Crippen LogP contribution in [0.2, 0.25) is 0 Å². The first-order chi connectivity index (χ1) is 10.4. The van der Waals surface area contributed by atoms with Gasteiger partial charge < -0.3 is 19.6 Å². The first-order valence-electron chi connectivity index (χ1n) is 6.38. The summed E-state index contributed by atoms with van der Waals surface area (Å²) in [6, 6.07) is 4.67. The van der Waals surface area contributed by atoms with Crippen molar-refractivity contribution in [2.45, 2.75) is 13.0 Å². The molecule has 1 aromatic heterocycles. The summed E-state index contributed by atoms with van der Waals surface area (Å²) < 4.78 is 23.3. The number of hydrogen-bond acceptors (Lipinski definition) is 5. The Hall–Kier alpha value is -2.83. The van der Waals surface area contributed by atoms with Crippen LogP contribution in [0.5, 0.6) is 11.5 Å². The Morgan fingerprint density at radius 1 is 1.41 bits per heavy atom. The van der Waals surface area contributed by atoms with Crippen LogP contribution in [0.15, 0.2) is 39.7 Å². The van der Waals surface area contributed by atoms with Gasteiger partial charge in [0, 0.05) is 6.07 Å². The van der Waals surface area contributed by atoms with E-state index in [1.54, 1.807) is 13.0 Å². The Labute approximate surface area is 125 Å². The SMILES string of the molecule is COc1ccc([C@H](C)NC(=O)c2cc(=O)c(O)co2)cc1F. The van der Waals surface area contributed by atoms with Crippen LogP contribution in [-0.2, 0) is 0 Å². The fourth-order valence-electron chi connectivity index (χ4n) is 1.83. The predicted octanol–water partition coefficient (Wildman–Crippen LogP) is 1.98. The molecule has 0 saturated carbocycles. The molecule has 2 aromatic rings. The maximum Gasteiger partial charge on any atom is 0.287 e. The zero-order chi connectivity index (χ0) is 16.3. The minimum Gasteiger partial charge on any atom is -0.502 e. The van der Waals surface area contributed by atoms with Crippen molar-refractivity contribution in [3.8, 4) is 11.5 Å². The molecule has 0 bridgehead atoms. The van der Waals surface area contributed by atoms with Crippen LogP contribution in [0.1, 0.15) is 29.1 Å². The van der Waals surface area contributed by atoms with Crippen LogP contribution in [0.4, 0.5) is 4.39 Å². The quantitative estimate of drug-likeness (QED) is 0.901. The Kier molecular flexibility index (Phi) is 4.45. The van der Waals surface area contributed by atoms with Crippen LogP contribution < -0.4 is 15.5 Å². The highest BCUT2D eigenvalue weighted by Crippen LogP contribution is 2.22. The van der Waals surface area contributed by atoms with Gasteiger partial charge in [0.15, 0.2) is 23.1 Å². The molecule has 2 rings (SSSR count). The fourth-order valence-corrected chi connectivity index (χ4v) is 1.83. The van der Waals surface area contributed by atoms with E-state index < -0.39 is 28.9 Å². The second-order valence-electron chi connectivity index (χ2n) is 4.58. The van der Waals surface area contributed by atoms with Crippen molar-refractivity contribution in [2.24, 2.45) is 0 Å². The molecule has 2 N–H and O–H groups in total. The van der Waals surface area contributed by atoms with Crippen molar-refractivity contribution in [1.82, 2.24) is 5.32 Å². The van der Waals surface area contributed by atoms with E-state index in [4.69, 9.17) is 14.3 Å². The van der Waals surface area contributed by atoms with Gasteiger partial charge in [-0.3, -0.25) is 9.59 Å². The summed E-state index contributed by atoms with van der Waals surface area (Å²) in [5.74, 6) is -1.92. The van der Waals surface area contributed by atoms with E-state index in [1.165, 1.54) is 19.2 Å². The van der Waals surface area contributed by atoms with Gasteiger partial charge in [0.2, 0.25) is 5.43 Å². The monoisotopic (exact) mass is 307 g/mol. The third-order valence-electron chi connectivity index (χ3n) is 3.06. The summed E-state index contributed by atoms with van der Waals surface area (Å²) in [7, 11) is 1.36. The van der Waals surface area contributed by atoms with E-state index in [2.05, 4.69) is 5.32 Å². The van der Waals surface area contributed by atoms with Crippen LogP contribution in [-0.4, -0.2) is 18.1 Å². The van der Waals surface area contributed by atoms with Crippen molar-refractivity contribution in [1.29, 1.82) is 0 Å². The molecule has 1 heterocycles. The van der Waals surface area contributed by atoms with Crippen molar-refractivity contribution in [2.75, 3.05) is 7.11 Å². The lowest BCUT2D eigenvalue weighted by atomic mass is 10.1. The average molecular weight is 307 g/mol. The normalized spacial score (nSPS) is 11.8. The maximum absolute atomic E-state index is 13.6. The van der Waals surface area contributed by atoms with Gasteiger partial charge in [-0.15, -0.1) is 0 Å². The predicted molar refractivity (Wildman–Crippen MR) is 75.5 cm³/mol. The lowest BCUT2D eigenvalue weighted by Gasteiger charge is -2.14. The number of halogens is 1. The lowest BCUT2D eigenvalue weighted by molar-refractivity contribution is 0.0908. The molecule has 1 amide bonds. The second kappa shape index (κ2) is 6.30.